The molecule has 3 rings (SSSR count). The number of carbonyl (C=O) groups excluding carboxylic acids is 1. The number of halogens is 1. The predicted molar refractivity (Wildman–Crippen MR) is 113 cm³/mol. The number of hydrogen-bond acceptors (Lipinski definition) is 6. The molecule has 0 saturated carbocycles. The fourth-order valence-corrected chi connectivity index (χ4v) is 3.40. The van der Waals surface area contributed by atoms with Gasteiger partial charge in [0.05, 0.1) is 11.9 Å². The summed E-state index contributed by atoms with van der Waals surface area (Å²) in [7, 11) is 0. The van der Waals surface area contributed by atoms with Crippen LogP contribution in [0.4, 0.5) is 5.13 Å². The van der Waals surface area contributed by atoms with Crippen molar-refractivity contribution < 1.29 is 9.53 Å². The van der Waals surface area contributed by atoms with Crippen molar-refractivity contribution in [1.82, 2.24) is 10.4 Å². The number of amides is 1. The van der Waals surface area contributed by atoms with Gasteiger partial charge < -0.3 is 10.5 Å². The molecule has 0 atom stereocenters. The highest BCUT2D eigenvalue weighted by atomic mass is 35.5. The second-order valence-electron chi connectivity index (χ2n) is 5.83. The number of carbonyl (C=O) groups is 1. The van der Waals surface area contributed by atoms with E-state index in [1.165, 1.54) is 0 Å². The Balaban J connectivity index is 1.65. The summed E-state index contributed by atoms with van der Waals surface area (Å²) in [5.41, 5.74) is 10.6. The molecule has 3 aromatic rings. The maximum Gasteiger partial charge on any atom is 0.283 e. The van der Waals surface area contributed by atoms with Gasteiger partial charge in [-0.05, 0) is 36.2 Å². The molecule has 6 nitrogen and oxygen atoms in total. The quantitative estimate of drug-likeness (QED) is 0.446. The molecule has 28 heavy (non-hydrogen) atoms. The van der Waals surface area contributed by atoms with Gasteiger partial charge in [0, 0.05) is 10.6 Å². The van der Waals surface area contributed by atoms with Crippen molar-refractivity contribution in [3.63, 3.8) is 0 Å². The maximum absolute atomic E-state index is 12.3. The lowest BCUT2D eigenvalue weighted by Gasteiger charge is -2.09. The number of ether oxygens (including phenoxy) is 1. The Morgan fingerprint density at radius 1 is 1.29 bits per heavy atom. The third-order valence-corrected chi connectivity index (χ3v) is 5.03. The standard InChI is InChI=1S/C20H19ClN4O2S/c1-2-16-18(28-20(22)24-16)19(26)25-23-11-14-5-3-4-6-17(14)27-12-13-7-9-15(21)10-8-13/h3-11H,2,12H2,1H3,(H2,22,24)(H,25,26). The average Bonchev–Trinajstić information content (AvgIpc) is 3.09. The Morgan fingerprint density at radius 3 is 2.79 bits per heavy atom. The van der Waals surface area contributed by atoms with Crippen LogP contribution in [0.5, 0.6) is 5.75 Å². The van der Waals surface area contributed by atoms with Crippen LogP contribution in [-0.4, -0.2) is 17.1 Å². The van der Waals surface area contributed by atoms with Gasteiger partial charge in [-0.3, -0.25) is 4.79 Å². The molecule has 1 heterocycles. The number of rotatable bonds is 7. The summed E-state index contributed by atoms with van der Waals surface area (Å²) in [5.74, 6) is 0.327. The van der Waals surface area contributed by atoms with E-state index in [9.17, 15) is 4.79 Å². The molecule has 0 aliphatic heterocycles. The monoisotopic (exact) mass is 414 g/mol. The first-order valence-corrected chi connectivity index (χ1v) is 9.81. The molecule has 0 aliphatic carbocycles. The van der Waals surface area contributed by atoms with E-state index in [4.69, 9.17) is 22.1 Å². The van der Waals surface area contributed by atoms with Crippen LogP contribution in [0.25, 0.3) is 0 Å². The molecule has 0 bridgehead atoms. The summed E-state index contributed by atoms with van der Waals surface area (Å²) in [6.07, 6.45) is 2.17. The fraction of sp³-hybridized carbons (Fsp3) is 0.150. The highest BCUT2D eigenvalue weighted by molar-refractivity contribution is 7.17. The molecule has 0 fully saturated rings. The van der Waals surface area contributed by atoms with Crippen molar-refractivity contribution in [3.05, 3.63) is 75.3 Å². The number of anilines is 1. The zero-order valence-corrected chi connectivity index (χ0v) is 16.8. The minimum Gasteiger partial charge on any atom is -0.488 e. The van der Waals surface area contributed by atoms with Gasteiger partial charge in [0.1, 0.15) is 17.2 Å². The molecule has 8 heteroatoms. The SMILES string of the molecule is CCc1nc(N)sc1C(=O)NN=Cc1ccccc1OCc1ccc(Cl)cc1. The van der Waals surface area contributed by atoms with Crippen molar-refractivity contribution >= 4 is 40.2 Å². The molecule has 0 unspecified atom stereocenters. The third-order valence-electron chi connectivity index (χ3n) is 3.85. The van der Waals surface area contributed by atoms with Crippen molar-refractivity contribution in [3.8, 4) is 5.75 Å². The lowest BCUT2D eigenvalue weighted by Crippen LogP contribution is -2.17. The van der Waals surface area contributed by atoms with E-state index >= 15 is 0 Å². The van der Waals surface area contributed by atoms with Gasteiger partial charge in [-0.25, -0.2) is 10.4 Å². The number of nitrogens with one attached hydrogen (secondary N) is 1. The zero-order chi connectivity index (χ0) is 19.9. The molecular weight excluding hydrogens is 396 g/mol. The first kappa shape index (κ1) is 19.9. The molecule has 1 aromatic heterocycles. The number of hydrazone groups is 1. The normalized spacial score (nSPS) is 10.9. The summed E-state index contributed by atoms with van der Waals surface area (Å²) in [4.78, 5) is 16.9. The summed E-state index contributed by atoms with van der Waals surface area (Å²) >= 11 is 7.05. The molecule has 0 spiro atoms. The maximum atomic E-state index is 12.3. The van der Waals surface area contributed by atoms with Gasteiger partial charge in [-0.15, -0.1) is 0 Å². The molecule has 0 saturated heterocycles. The topological polar surface area (TPSA) is 89.6 Å². The van der Waals surface area contributed by atoms with Gasteiger partial charge in [0.15, 0.2) is 5.13 Å². The number of aromatic nitrogens is 1. The highest BCUT2D eigenvalue weighted by Gasteiger charge is 2.15. The van der Waals surface area contributed by atoms with Crippen molar-refractivity contribution in [2.24, 2.45) is 5.10 Å². The molecule has 3 N–H and O–H groups in total. The van der Waals surface area contributed by atoms with Gasteiger partial charge in [-0.2, -0.15) is 5.10 Å². The zero-order valence-electron chi connectivity index (χ0n) is 15.2. The lowest BCUT2D eigenvalue weighted by molar-refractivity contribution is 0.0958. The molecule has 2 aromatic carbocycles. The van der Waals surface area contributed by atoms with Gasteiger partial charge in [0.2, 0.25) is 0 Å². The van der Waals surface area contributed by atoms with E-state index in [0.29, 0.717) is 39.5 Å². The number of para-hydroxylation sites is 1. The van der Waals surface area contributed by atoms with Crippen LogP contribution in [-0.2, 0) is 13.0 Å². The fourth-order valence-electron chi connectivity index (χ4n) is 2.46. The Labute approximate surface area is 172 Å². The highest BCUT2D eigenvalue weighted by Crippen LogP contribution is 2.21. The van der Waals surface area contributed by atoms with Crippen LogP contribution in [0, 0.1) is 0 Å². The van der Waals surface area contributed by atoms with Crippen LogP contribution in [0.3, 0.4) is 0 Å². The minimum absolute atomic E-state index is 0.332. The summed E-state index contributed by atoms with van der Waals surface area (Å²) < 4.78 is 5.87. The lowest BCUT2D eigenvalue weighted by atomic mass is 10.2. The van der Waals surface area contributed by atoms with Crippen LogP contribution < -0.4 is 15.9 Å². The first-order chi connectivity index (χ1) is 13.6. The molecular formula is C20H19ClN4O2S. The molecule has 144 valence electrons. The second-order valence-corrected chi connectivity index (χ2v) is 7.30. The third kappa shape index (κ3) is 5.09. The van der Waals surface area contributed by atoms with Crippen molar-refractivity contribution in [2.75, 3.05) is 5.73 Å². The van der Waals surface area contributed by atoms with Crippen molar-refractivity contribution in [2.45, 2.75) is 20.0 Å². The van der Waals surface area contributed by atoms with Gasteiger partial charge in [0.25, 0.3) is 5.91 Å². The number of nitrogens with two attached hydrogens (primary N) is 1. The van der Waals surface area contributed by atoms with Gasteiger partial charge >= 0.3 is 0 Å². The molecule has 0 aliphatic rings. The number of nitrogen functional groups attached to an aromatic ring is 1. The van der Waals surface area contributed by atoms with E-state index in [-0.39, 0.29) is 5.91 Å². The Kier molecular flexibility index (Phi) is 6.62. The largest absolute Gasteiger partial charge is 0.488 e. The van der Waals surface area contributed by atoms with E-state index in [0.717, 1.165) is 22.5 Å². The summed E-state index contributed by atoms with van der Waals surface area (Å²) in [5, 5.41) is 5.09. The van der Waals surface area contributed by atoms with Crippen LogP contribution in [0.2, 0.25) is 5.02 Å². The van der Waals surface area contributed by atoms with E-state index in [1.807, 2.05) is 55.5 Å². The number of aryl methyl sites for hydroxylation is 1. The van der Waals surface area contributed by atoms with E-state index < -0.39 is 0 Å². The Hall–Kier alpha value is -2.90. The Bertz CT molecular complexity index is 986. The molecule has 0 radical (unpaired) electrons. The number of nitrogens with zero attached hydrogens (tertiary/aromatic N) is 2. The summed E-state index contributed by atoms with van der Waals surface area (Å²) in [6.45, 7) is 2.32. The van der Waals surface area contributed by atoms with Crippen LogP contribution in [0.15, 0.2) is 53.6 Å². The number of benzene rings is 2. The number of hydrogen-bond donors (Lipinski definition) is 2. The average molecular weight is 415 g/mol. The van der Waals surface area contributed by atoms with Crippen LogP contribution >= 0.6 is 22.9 Å². The van der Waals surface area contributed by atoms with E-state index in [2.05, 4.69) is 15.5 Å². The van der Waals surface area contributed by atoms with E-state index in [1.54, 1.807) is 6.21 Å². The summed E-state index contributed by atoms with van der Waals surface area (Å²) in [6, 6.07) is 14.9. The predicted octanol–water partition coefficient (Wildman–Crippen LogP) is 4.28. The molecule has 1 amide bonds. The number of thiazole rings is 1. The smallest absolute Gasteiger partial charge is 0.283 e. The first-order valence-electron chi connectivity index (χ1n) is 8.61. The van der Waals surface area contributed by atoms with Crippen LogP contribution in [0.1, 0.15) is 33.4 Å². The second kappa shape index (κ2) is 9.34. The minimum atomic E-state index is -0.332. The Morgan fingerprint density at radius 2 is 2.04 bits per heavy atom. The van der Waals surface area contributed by atoms with Gasteiger partial charge in [-0.1, -0.05) is 54.1 Å². The van der Waals surface area contributed by atoms with Crippen molar-refractivity contribution in [1.29, 1.82) is 0 Å².